The molecule has 0 saturated heterocycles. The Morgan fingerprint density at radius 2 is 1.89 bits per heavy atom. The average molecular weight is 261 g/mol. The van der Waals surface area contributed by atoms with Gasteiger partial charge in [-0.25, -0.2) is 4.79 Å². The topological polar surface area (TPSA) is 60.7 Å². The van der Waals surface area contributed by atoms with Gasteiger partial charge in [0.25, 0.3) is 0 Å². The monoisotopic (exact) mass is 261 g/mol. The molecule has 1 atom stereocenters. The third kappa shape index (κ3) is 3.47. The number of nitrogens with one attached hydrogen (secondary N) is 3. The number of rotatable bonds is 6. The Bertz CT molecular complexity index is 582. The predicted octanol–water partition coefficient (Wildman–Crippen LogP) is 2.94. The average Bonchev–Trinajstić information content (AvgIpc) is 2.73. The van der Waals surface area contributed by atoms with E-state index in [2.05, 4.69) is 48.2 Å². The minimum absolute atomic E-state index is 0.144. The van der Waals surface area contributed by atoms with Crippen LogP contribution in [-0.4, -0.2) is 16.5 Å². The van der Waals surface area contributed by atoms with Gasteiger partial charge in [-0.05, 0) is 43.0 Å². The zero-order chi connectivity index (χ0) is 13.8. The van der Waals surface area contributed by atoms with Crippen molar-refractivity contribution in [3.05, 3.63) is 34.2 Å². The van der Waals surface area contributed by atoms with Gasteiger partial charge in [0, 0.05) is 6.04 Å². The number of aromatic amines is 2. The molecule has 1 aromatic heterocycles. The molecule has 0 bridgehead atoms. The van der Waals surface area contributed by atoms with Crippen LogP contribution in [0.5, 0.6) is 0 Å². The largest absolute Gasteiger partial charge is 0.323 e. The number of hydrogen-bond donors (Lipinski definition) is 3. The summed E-state index contributed by atoms with van der Waals surface area (Å²) in [6.45, 7) is 7.56. The number of aromatic nitrogens is 2. The fourth-order valence-corrected chi connectivity index (χ4v) is 2.40. The highest BCUT2D eigenvalue weighted by Gasteiger charge is 2.12. The van der Waals surface area contributed by atoms with Crippen LogP contribution in [-0.2, 0) is 0 Å². The van der Waals surface area contributed by atoms with Crippen molar-refractivity contribution in [1.29, 1.82) is 0 Å². The van der Waals surface area contributed by atoms with Crippen LogP contribution in [0.2, 0.25) is 0 Å². The van der Waals surface area contributed by atoms with Crippen LogP contribution in [0.15, 0.2) is 23.0 Å². The zero-order valence-corrected chi connectivity index (χ0v) is 11.9. The van der Waals surface area contributed by atoms with E-state index in [0.29, 0.717) is 12.0 Å². The van der Waals surface area contributed by atoms with Gasteiger partial charge in [-0.3, -0.25) is 0 Å². The molecule has 1 unspecified atom stereocenters. The molecule has 0 spiro atoms. The molecule has 0 fully saturated rings. The van der Waals surface area contributed by atoms with Gasteiger partial charge in [-0.2, -0.15) is 0 Å². The minimum Gasteiger partial charge on any atom is -0.310 e. The van der Waals surface area contributed by atoms with E-state index in [0.717, 1.165) is 24.0 Å². The van der Waals surface area contributed by atoms with Crippen LogP contribution < -0.4 is 11.0 Å². The van der Waals surface area contributed by atoms with Crippen molar-refractivity contribution in [2.24, 2.45) is 5.92 Å². The first kappa shape index (κ1) is 13.9. The molecule has 0 amide bonds. The quantitative estimate of drug-likeness (QED) is 0.748. The lowest BCUT2D eigenvalue weighted by molar-refractivity contribution is 0.449. The lowest BCUT2D eigenvalue weighted by Gasteiger charge is -2.19. The van der Waals surface area contributed by atoms with Crippen LogP contribution in [0, 0.1) is 5.92 Å². The SMILES string of the molecule is CCNC(CCC(C)C)c1ccc2[nH]c(=O)[nH]c2c1. The highest BCUT2D eigenvalue weighted by atomic mass is 16.1. The van der Waals surface area contributed by atoms with Crippen molar-refractivity contribution in [1.82, 2.24) is 15.3 Å². The molecule has 2 rings (SSSR count). The molecule has 0 saturated carbocycles. The summed E-state index contributed by atoms with van der Waals surface area (Å²) in [5.74, 6) is 0.706. The first-order valence-corrected chi connectivity index (χ1v) is 7.05. The summed E-state index contributed by atoms with van der Waals surface area (Å²) >= 11 is 0. The first-order chi connectivity index (χ1) is 9.10. The van der Waals surface area contributed by atoms with Crippen LogP contribution in [0.25, 0.3) is 11.0 Å². The van der Waals surface area contributed by atoms with Crippen molar-refractivity contribution >= 4 is 11.0 Å². The molecule has 0 aliphatic rings. The molecule has 0 aliphatic carbocycles. The highest BCUT2D eigenvalue weighted by molar-refractivity contribution is 5.75. The second-order valence-electron chi connectivity index (χ2n) is 5.47. The molecule has 4 nitrogen and oxygen atoms in total. The molecular weight excluding hydrogens is 238 g/mol. The maximum atomic E-state index is 11.3. The molecule has 3 N–H and O–H groups in total. The Kier molecular flexibility index (Phi) is 4.43. The normalized spacial score (nSPS) is 13.3. The number of benzene rings is 1. The van der Waals surface area contributed by atoms with E-state index >= 15 is 0 Å². The Balaban J connectivity index is 2.24. The number of fused-ring (bicyclic) bond motifs is 1. The highest BCUT2D eigenvalue weighted by Crippen LogP contribution is 2.23. The van der Waals surface area contributed by atoms with Gasteiger partial charge >= 0.3 is 5.69 Å². The van der Waals surface area contributed by atoms with Crippen molar-refractivity contribution in [3.8, 4) is 0 Å². The van der Waals surface area contributed by atoms with E-state index in [4.69, 9.17) is 0 Å². The zero-order valence-electron chi connectivity index (χ0n) is 11.9. The van der Waals surface area contributed by atoms with Crippen LogP contribution in [0.4, 0.5) is 0 Å². The number of H-pyrrole nitrogens is 2. The van der Waals surface area contributed by atoms with E-state index < -0.39 is 0 Å². The van der Waals surface area contributed by atoms with E-state index in [1.54, 1.807) is 0 Å². The second-order valence-corrected chi connectivity index (χ2v) is 5.47. The fourth-order valence-electron chi connectivity index (χ4n) is 2.40. The molecule has 1 aromatic carbocycles. The lowest BCUT2D eigenvalue weighted by Crippen LogP contribution is -2.21. The van der Waals surface area contributed by atoms with E-state index in [1.807, 2.05) is 6.07 Å². The fraction of sp³-hybridized carbons (Fsp3) is 0.533. The van der Waals surface area contributed by atoms with E-state index in [1.165, 1.54) is 12.0 Å². The van der Waals surface area contributed by atoms with Crippen molar-refractivity contribution in [2.45, 2.75) is 39.7 Å². The standard InChI is InChI=1S/C15H23N3O/c1-4-16-12(7-5-10(2)3)11-6-8-13-14(9-11)18-15(19)17-13/h6,8-10,12,16H,4-5,7H2,1-3H3,(H2,17,18,19). The summed E-state index contributed by atoms with van der Waals surface area (Å²) in [5, 5.41) is 3.52. The molecule has 0 aliphatic heterocycles. The summed E-state index contributed by atoms with van der Waals surface area (Å²) in [6.07, 6.45) is 2.31. The molecule has 1 heterocycles. The van der Waals surface area contributed by atoms with Gasteiger partial charge in [0.2, 0.25) is 0 Å². The summed E-state index contributed by atoms with van der Waals surface area (Å²) in [5.41, 5.74) is 2.85. The van der Waals surface area contributed by atoms with Gasteiger partial charge in [0.15, 0.2) is 0 Å². The van der Waals surface area contributed by atoms with Gasteiger partial charge in [-0.15, -0.1) is 0 Å². The van der Waals surface area contributed by atoms with Crippen LogP contribution in [0.1, 0.15) is 45.2 Å². The smallest absolute Gasteiger partial charge is 0.310 e. The van der Waals surface area contributed by atoms with Crippen LogP contribution in [0.3, 0.4) is 0 Å². The number of imidazole rings is 1. The first-order valence-electron chi connectivity index (χ1n) is 7.05. The Morgan fingerprint density at radius 1 is 1.16 bits per heavy atom. The third-order valence-electron chi connectivity index (χ3n) is 3.43. The predicted molar refractivity (Wildman–Crippen MR) is 79.4 cm³/mol. The second kappa shape index (κ2) is 6.06. The molecule has 0 radical (unpaired) electrons. The maximum absolute atomic E-state index is 11.3. The van der Waals surface area contributed by atoms with Crippen LogP contribution >= 0.6 is 0 Å². The maximum Gasteiger partial charge on any atom is 0.323 e. The molecule has 4 heteroatoms. The van der Waals surface area contributed by atoms with E-state index in [-0.39, 0.29) is 5.69 Å². The minimum atomic E-state index is -0.144. The molecule has 19 heavy (non-hydrogen) atoms. The summed E-state index contributed by atoms with van der Waals surface area (Å²) in [4.78, 5) is 16.9. The van der Waals surface area contributed by atoms with Gasteiger partial charge in [0.05, 0.1) is 11.0 Å². The Hall–Kier alpha value is -1.55. The Labute approximate surface area is 113 Å². The van der Waals surface area contributed by atoms with Gasteiger partial charge in [0.1, 0.15) is 0 Å². The Morgan fingerprint density at radius 3 is 2.58 bits per heavy atom. The lowest BCUT2D eigenvalue weighted by atomic mass is 9.97. The van der Waals surface area contributed by atoms with Gasteiger partial charge < -0.3 is 15.3 Å². The van der Waals surface area contributed by atoms with Gasteiger partial charge in [-0.1, -0.05) is 26.8 Å². The molecule has 104 valence electrons. The van der Waals surface area contributed by atoms with Crippen molar-refractivity contribution in [3.63, 3.8) is 0 Å². The third-order valence-corrected chi connectivity index (χ3v) is 3.43. The molecule has 2 aromatic rings. The van der Waals surface area contributed by atoms with Crippen molar-refractivity contribution in [2.75, 3.05) is 6.54 Å². The number of hydrogen-bond acceptors (Lipinski definition) is 2. The molecular formula is C15H23N3O. The van der Waals surface area contributed by atoms with Crippen molar-refractivity contribution < 1.29 is 0 Å². The summed E-state index contributed by atoms with van der Waals surface area (Å²) in [7, 11) is 0. The summed E-state index contributed by atoms with van der Waals surface area (Å²) in [6, 6.07) is 6.50. The van der Waals surface area contributed by atoms with E-state index in [9.17, 15) is 4.79 Å². The summed E-state index contributed by atoms with van der Waals surface area (Å²) < 4.78 is 0.